The van der Waals surface area contributed by atoms with Gasteiger partial charge in [0.15, 0.2) is 0 Å². The quantitative estimate of drug-likeness (QED) is 0.724. The average Bonchev–Trinajstić information content (AvgIpc) is 2.95. The highest BCUT2D eigenvalue weighted by atomic mass is 16.5. The Morgan fingerprint density at radius 2 is 1.75 bits per heavy atom. The van der Waals surface area contributed by atoms with E-state index in [2.05, 4.69) is 22.8 Å². The van der Waals surface area contributed by atoms with Crippen molar-refractivity contribution in [2.75, 3.05) is 7.11 Å². The van der Waals surface area contributed by atoms with E-state index in [1.807, 2.05) is 24.3 Å². The molecule has 0 saturated heterocycles. The first-order chi connectivity index (χ1) is 11.7. The van der Waals surface area contributed by atoms with Crippen LogP contribution in [0, 0.1) is 0 Å². The molecule has 1 saturated carbocycles. The number of hydrogen-bond donors (Lipinski definition) is 1. The number of rotatable bonds is 2. The maximum absolute atomic E-state index is 11.9. The molecular weight excluding hydrogens is 302 g/mol. The topological polar surface area (TPSA) is 51.5 Å². The van der Waals surface area contributed by atoms with Crippen molar-refractivity contribution >= 4 is 27.8 Å². The summed E-state index contributed by atoms with van der Waals surface area (Å²) in [5.41, 5.74) is 2.83. The van der Waals surface area contributed by atoms with E-state index >= 15 is 0 Å². The summed E-state index contributed by atoms with van der Waals surface area (Å²) in [6, 6.07) is 14.5. The number of aliphatic hydroxyl groups is 1. The van der Waals surface area contributed by atoms with Gasteiger partial charge in [0.25, 0.3) is 0 Å². The van der Waals surface area contributed by atoms with Gasteiger partial charge in [-0.15, -0.1) is 0 Å². The number of aliphatic hydroxyl groups excluding tert-OH is 1. The summed E-state index contributed by atoms with van der Waals surface area (Å²) < 4.78 is 7.23. The van der Waals surface area contributed by atoms with E-state index in [9.17, 15) is 9.90 Å². The number of ether oxygens (including phenoxy) is 1. The zero-order chi connectivity index (χ0) is 16.7. The predicted octanol–water partition coefficient (Wildman–Crippen LogP) is 4.06. The van der Waals surface area contributed by atoms with E-state index in [0.29, 0.717) is 11.6 Å². The lowest BCUT2D eigenvalue weighted by Gasteiger charge is -2.28. The average molecular weight is 323 g/mol. The van der Waals surface area contributed by atoms with Crippen LogP contribution in [0.2, 0.25) is 0 Å². The van der Waals surface area contributed by atoms with Gasteiger partial charge in [0.05, 0.1) is 24.3 Å². The maximum atomic E-state index is 11.9. The second-order valence-corrected chi connectivity index (χ2v) is 6.57. The summed E-state index contributed by atoms with van der Waals surface area (Å²) in [7, 11) is 1.41. The molecule has 24 heavy (non-hydrogen) atoms. The van der Waals surface area contributed by atoms with Crippen molar-refractivity contribution in [1.29, 1.82) is 0 Å². The van der Waals surface area contributed by atoms with E-state index in [4.69, 9.17) is 4.74 Å². The number of fused-ring (bicyclic) bond motifs is 3. The molecule has 124 valence electrons. The Balaban J connectivity index is 1.95. The fourth-order valence-corrected chi connectivity index (χ4v) is 3.95. The molecule has 2 aromatic carbocycles. The standard InChI is InChI=1S/C20H21NO3/c1-24-20(23)13-6-11-17-16-4-2-3-5-18(16)21(19(17)12-13)14-7-9-15(22)10-8-14/h2-6,11-12,14-15,22H,7-10H2,1H3. The Bertz CT molecular complexity index is 904. The van der Waals surface area contributed by atoms with Crippen molar-refractivity contribution in [3.05, 3.63) is 48.0 Å². The van der Waals surface area contributed by atoms with E-state index in [1.165, 1.54) is 18.0 Å². The second kappa shape index (κ2) is 5.95. The molecule has 1 aliphatic carbocycles. The van der Waals surface area contributed by atoms with Crippen molar-refractivity contribution in [2.24, 2.45) is 0 Å². The first-order valence-electron chi connectivity index (χ1n) is 8.48. The highest BCUT2D eigenvalue weighted by Gasteiger charge is 2.24. The second-order valence-electron chi connectivity index (χ2n) is 6.57. The lowest BCUT2D eigenvalue weighted by Crippen LogP contribution is -2.21. The molecule has 4 rings (SSSR count). The number of nitrogens with zero attached hydrogens (tertiary/aromatic N) is 1. The molecular formula is C20H21NO3. The van der Waals surface area contributed by atoms with Crippen LogP contribution >= 0.6 is 0 Å². The van der Waals surface area contributed by atoms with Crippen molar-refractivity contribution in [3.8, 4) is 0 Å². The normalized spacial score (nSPS) is 21.2. The maximum Gasteiger partial charge on any atom is 0.337 e. The summed E-state index contributed by atoms with van der Waals surface area (Å²) in [6.07, 6.45) is 3.39. The summed E-state index contributed by atoms with van der Waals surface area (Å²) in [5, 5.41) is 12.2. The SMILES string of the molecule is COC(=O)c1ccc2c3ccccc3n(C3CCC(O)CC3)c2c1. The molecule has 4 nitrogen and oxygen atoms in total. The van der Waals surface area contributed by atoms with E-state index in [-0.39, 0.29) is 12.1 Å². The Labute approximate surface area is 140 Å². The number of hydrogen-bond acceptors (Lipinski definition) is 3. The van der Waals surface area contributed by atoms with Crippen LogP contribution in [0.1, 0.15) is 42.1 Å². The minimum atomic E-state index is -0.312. The van der Waals surface area contributed by atoms with Crippen LogP contribution in [-0.2, 0) is 4.74 Å². The molecule has 0 bridgehead atoms. The van der Waals surface area contributed by atoms with Gasteiger partial charge in [-0.25, -0.2) is 4.79 Å². The molecule has 1 aliphatic rings. The van der Waals surface area contributed by atoms with Gasteiger partial charge in [-0.05, 0) is 43.9 Å². The predicted molar refractivity (Wildman–Crippen MR) is 94.3 cm³/mol. The first-order valence-corrected chi connectivity index (χ1v) is 8.48. The summed E-state index contributed by atoms with van der Waals surface area (Å²) in [5.74, 6) is -0.312. The van der Waals surface area contributed by atoms with E-state index in [0.717, 1.165) is 36.6 Å². The minimum Gasteiger partial charge on any atom is -0.465 e. The van der Waals surface area contributed by atoms with Crippen LogP contribution in [-0.4, -0.2) is 28.9 Å². The number of carbonyl (C=O) groups is 1. The molecule has 0 amide bonds. The lowest BCUT2D eigenvalue weighted by molar-refractivity contribution is 0.0601. The van der Waals surface area contributed by atoms with Gasteiger partial charge in [-0.2, -0.15) is 0 Å². The van der Waals surface area contributed by atoms with Gasteiger partial charge in [-0.1, -0.05) is 24.3 Å². The highest BCUT2D eigenvalue weighted by Crippen LogP contribution is 2.37. The third-order valence-corrected chi connectivity index (χ3v) is 5.16. The van der Waals surface area contributed by atoms with Gasteiger partial charge < -0.3 is 14.4 Å². The number of aromatic nitrogens is 1. The number of methoxy groups -OCH3 is 1. The molecule has 0 spiro atoms. The number of benzene rings is 2. The van der Waals surface area contributed by atoms with Crippen molar-refractivity contribution in [2.45, 2.75) is 37.8 Å². The number of carbonyl (C=O) groups excluding carboxylic acids is 1. The Morgan fingerprint density at radius 3 is 2.50 bits per heavy atom. The molecule has 3 aromatic rings. The third kappa shape index (κ3) is 2.38. The van der Waals surface area contributed by atoms with Crippen LogP contribution in [0.5, 0.6) is 0 Å². The zero-order valence-electron chi connectivity index (χ0n) is 13.7. The van der Waals surface area contributed by atoms with Crippen LogP contribution in [0.3, 0.4) is 0 Å². The fraction of sp³-hybridized carbons (Fsp3) is 0.350. The summed E-state index contributed by atoms with van der Waals surface area (Å²) in [4.78, 5) is 11.9. The molecule has 0 radical (unpaired) electrons. The van der Waals surface area contributed by atoms with Crippen LogP contribution < -0.4 is 0 Å². The van der Waals surface area contributed by atoms with Crippen LogP contribution in [0.15, 0.2) is 42.5 Å². The summed E-state index contributed by atoms with van der Waals surface area (Å²) >= 11 is 0. The molecule has 4 heteroatoms. The van der Waals surface area contributed by atoms with Gasteiger partial charge >= 0.3 is 5.97 Å². The smallest absolute Gasteiger partial charge is 0.337 e. The van der Waals surface area contributed by atoms with Crippen molar-refractivity contribution in [3.63, 3.8) is 0 Å². The van der Waals surface area contributed by atoms with Crippen LogP contribution in [0.25, 0.3) is 21.8 Å². The van der Waals surface area contributed by atoms with Crippen molar-refractivity contribution in [1.82, 2.24) is 4.57 Å². The van der Waals surface area contributed by atoms with Gasteiger partial charge in [0.2, 0.25) is 0 Å². The fourth-order valence-electron chi connectivity index (χ4n) is 3.95. The largest absolute Gasteiger partial charge is 0.465 e. The number of esters is 1. The van der Waals surface area contributed by atoms with Gasteiger partial charge in [0, 0.05) is 22.3 Å². The Kier molecular flexibility index (Phi) is 3.77. The summed E-state index contributed by atoms with van der Waals surface area (Å²) in [6.45, 7) is 0. The number of para-hydroxylation sites is 1. The van der Waals surface area contributed by atoms with Gasteiger partial charge in [-0.3, -0.25) is 0 Å². The highest BCUT2D eigenvalue weighted by molar-refractivity contribution is 6.09. The molecule has 0 atom stereocenters. The Morgan fingerprint density at radius 1 is 1.04 bits per heavy atom. The molecule has 1 heterocycles. The zero-order valence-corrected chi connectivity index (χ0v) is 13.7. The third-order valence-electron chi connectivity index (χ3n) is 5.16. The molecule has 1 aromatic heterocycles. The molecule has 0 unspecified atom stereocenters. The molecule has 1 fully saturated rings. The van der Waals surface area contributed by atoms with Crippen molar-refractivity contribution < 1.29 is 14.6 Å². The Hall–Kier alpha value is -2.33. The molecule has 1 N–H and O–H groups in total. The monoisotopic (exact) mass is 323 g/mol. The minimum absolute atomic E-state index is 0.181. The molecule has 0 aliphatic heterocycles. The van der Waals surface area contributed by atoms with Gasteiger partial charge in [0.1, 0.15) is 0 Å². The van der Waals surface area contributed by atoms with E-state index < -0.39 is 0 Å². The van der Waals surface area contributed by atoms with E-state index in [1.54, 1.807) is 0 Å². The first kappa shape index (κ1) is 15.2. The van der Waals surface area contributed by atoms with Crippen LogP contribution in [0.4, 0.5) is 0 Å². The lowest BCUT2D eigenvalue weighted by atomic mass is 9.92.